The Morgan fingerprint density at radius 3 is 2.86 bits per heavy atom. The first-order chi connectivity index (χ1) is 6.83. The summed E-state index contributed by atoms with van der Waals surface area (Å²) < 4.78 is 10.9. The lowest BCUT2D eigenvalue weighted by Gasteiger charge is -2.22. The summed E-state index contributed by atoms with van der Waals surface area (Å²) in [4.78, 5) is 0. The van der Waals surface area contributed by atoms with Gasteiger partial charge in [0.15, 0.2) is 0 Å². The second-order valence-electron chi connectivity index (χ2n) is 3.68. The van der Waals surface area contributed by atoms with E-state index in [1.165, 1.54) is 0 Å². The maximum absolute atomic E-state index is 9.47. The standard InChI is InChI=1S/C10H20O4/c11-4-3-9(12)7-10-8-13-5-1-2-6-14-10/h9-12H,1-8H2. The summed E-state index contributed by atoms with van der Waals surface area (Å²) in [6, 6.07) is 0. The van der Waals surface area contributed by atoms with Gasteiger partial charge in [-0.15, -0.1) is 0 Å². The van der Waals surface area contributed by atoms with E-state index in [9.17, 15) is 5.11 Å². The Morgan fingerprint density at radius 2 is 2.07 bits per heavy atom. The number of hydrogen-bond acceptors (Lipinski definition) is 4. The monoisotopic (exact) mass is 204 g/mol. The molecule has 0 aromatic rings. The van der Waals surface area contributed by atoms with Gasteiger partial charge < -0.3 is 19.7 Å². The molecular weight excluding hydrogens is 184 g/mol. The van der Waals surface area contributed by atoms with Gasteiger partial charge in [0.2, 0.25) is 0 Å². The van der Waals surface area contributed by atoms with Crippen molar-refractivity contribution in [2.75, 3.05) is 26.4 Å². The first kappa shape index (κ1) is 11.9. The highest BCUT2D eigenvalue weighted by atomic mass is 16.5. The van der Waals surface area contributed by atoms with E-state index >= 15 is 0 Å². The normalized spacial score (nSPS) is 26.6. The van der Waals surface area contributed by atoms with Crippen molar-refractivity contribution < 1.29 is 19.7 Å². The van der Waals surface area contributed by atoms with Crippen molar-refractivity contribution in [3.8, 4) is 0 Å². The molecule has 1 aliphatic heterocycles. The van der Waals surface area contributed by atoms with E-state index in [1.54, 1.807) is 0 Å². The van der Waals surface area contributed by atoms with Gasteiger partial charge in [0.05, 0.1) is 18.8 Å². The van der Waals surface area contributed by atoms with Gasteiger partial charge in [0.25, 0.3) is 0 Å². The molecule has 0 saturated carbocycles. The Bertz CT molecular complexity index is 132. The lowest BCUT2D eigenvalue weighted by atomic mass is 10.1. The molecule has 1 rings (SSSR count). The predicted molar refractivity (Wildman–Crippen MR) is 52.1 cm³/mol. The van der Waals surface area contributed by atoms with Gasteiger partial charge in [0.1, 0.15) is 0 Å². The smallest absolute Gasteiger partial charge is 0.0833 e. The molecule has 4 nitrogen and oxygen atoms in total. The van der Waals surface area contributed by atoms with Gasteiger partial charge in [-0.3, -0.25) is 0 Å². The number of aliphatic hydroxyl groups is 2. The van der Waals surface area contributed by atoms with Crippen LogP contribution in [-0.4, -0.2) is 48.8 Å². The molecular formula is C10H20O4. The number of ether oxygens (including phenoxy) is 2. The van der Waals surface area contributed by atoms with Crippen molar-refractivity contribution in [1.82, 2.24) is 0 Å². The van der Waals surface area contributed by atoms with E-state index in [0.717, 1.165) is 26.1 Å². The molecule has 1 fully saturated rings. The predicted octanol–water partition coefficient (Wildman–Crippen LogP) is 0.315. The summed E-state index contributed by atoms with van der Waals surface area (Å²) in [7, 11) is 0. The van der Waals surface area contributed by atoms with Crippen LogP contribution in [-0.2, 0) is 9.47 Å². The van der Waals surface area contributed by atoms with Crippen LogP contribution in [0, 0.1) is 0 Å². The van der Waals surface area contributed by atoms with Crippen LogP contribution in [0.2, 0.25) is 0 Å². The van der Waals surface area contributed by atoms with Crippen LogP contribution in [0.1, 0.15) is 25.7 Å². The van der Waals surface area contributed by atoms with Gasteiger partial charge in [-0.05, 0) is 19.3 Å². The molecule has 0 spiro atoms. The van der Waals surface area contributed by atoms with Crippen LogP contribution in [0.15, 0.2) is 0 Å². The first-order valence-electron chi connectivity index (χ1n) is 5.31. The minimum atomic E-state index is -0.479. The Hall–Kier alpha value is -0.160. The van der Waals surface area contributed by atoms with E-state index in [4.69, 9.17) is 14.6 Å². The van der Waals surface area contributed by atoms with Gasteiger partial charge in [-0.2, -0.15) is 0 Å². The van der Waals surface area contributed by atoms with Crippen LogP contribution in [0.3, 0.4) is 0 Å². The fourth-order valence-corrected chi connectivity index (χ4v) is 1.53. The number of hydrogen-bond donors (Lipinski definition) is 2. The molecule has 0 aromatic heterocycles. The molecule has 1 saturated heterocycles. The molecule has 0 aromatic carbocycles. The van der Waals surface area contributed by atoms with E-state index in [1.807, 2.05) is 0 Å². The lowest BCUT2D eigenvalue weighted by molar-refractivity contribution is -0.0582. The second kappa shape index (κ2) is 7.17. The van der Waals surface area contributed by atoms with Gasteiger partial charge in [0, 0.05) is 26.2 Å². The first-order valence-corrected chi connectivity index (χ1v) is 5.31. The van der Waals surface area contributed by atoms with Gasteiger partial charge in [-0.25, -0.2) is 0 Å². The van der Waals surface area contributed by atoms with Crippen molar-refractivity contribution in [3.05, 3.63) is 0 Å². The van der Waals surface area contributed by atoms with E-state index in [0.29, 0.717) is 19.4 Å². The Kier molecular flexibility index (Phi) is 6.10. The quantitative estimate of drug-likeness (QED) is 0.692. The Labute approximate surface area is 84.8 Å². The molecule has 2 unspecified atom stereocenters. The fraction of sp³-hybridized carbons (Fsp3) is 1.00. The molecule has 1 aliphatic rings. The van der Waals surface area contributed by atoms with Crippen LogP contribution in [0.5, 0.6) is 0 Å². The largest absolute Gasteiger partial charge is 0.396 e. The molecule has 1 heterocycles. The molecule has 0 aliphatic carbocycles. The number of rotatable bonds is 4. The van der Waals surface area contributed by atoms with E-state index < -0.39 is 6.10 Å². The van der Waals surface area contributed by atoms with Crippen molar-refractivity contribution >= 4 is 0 Å². The van der Waals surface area contributed by atoms with Crippen molar-refractivity contribution in [1.29, 1.82) is 0 Å². The zero-order chi connectivity index (χ0) is 10.2. The average Bonchev–Trinajstić information content (AvgIpc) is 2.10. The van der Waals surface area contributed by atoms with Crippen molar-refractivity contribution in [2.24, 2.45) is 0 Å². The molecule has 0 radical (unpaired) electrons. The van der Waals surface area contributed by atoms with Gasteiger partial charge >= 0.3 is 0 Å². The SMILES string of the molecule is OCCC(O)CC1COCCCCO1. The zero-order valence-corrected chi connectivity index (χ0v) is 8.52. The second-order valence-corrected chi connectivity index (χ2v) is 3.68. The minimum Gasteiger partial charge on any atom is -0.396 e. The van der Waals surface area contributed by atoms with E-state index in [-0.39, 0.29) is 12.7 Å². The molecule has 0 amide bonds. The lowest BCUT2D eigenvalue weighted by Crippen LogP contribution is -2.28. The molecule has 0 bridgehead atoms. The van der Waals surface area contributed by atoms with Crippen molar-refractivity contribution in [2.45, 2.75) is 37.9 Å². The third-order valence-corrected chi connectivity index (χ3v) is 2.34. The fourth-order valence-electron chi connectivity index (χ4n) is 1.53. The van der Waals surface area contributed by atoms with E-state index in [2.05, 4.69) is 0 Å². The van der Waals surface area contributed by atoms with Crippen LogP contribution in [0.4, 0.5) is 0 Å². The maximum Gasteiger partial charge on any atom is 0.0833 e. The topological polar surface area (TPSA) is 58.9 Å². The highest BCUT2D eigenvalue weighted by Crippen LogP contribution is 2.10. The highest BCUT2D eigenvalue weighted by molar-refractivity contribution is 4.66. The molecule has 2 N–H and O–H groups in total. The third kappa shape index (κ3) is 4.91. The number of aliphatic hydroxyl groups excluding tert-OH is 2. The molecule has 2 atom stereocenters. The Balaban J connectivity index is 2.19. The summed E-state index contributed by atoms with van der Waals surface area (Å²) >= 11 is 0. The van der Waals surface area contributed by atoms with Crippen LogP contribution < -0.4 is 0 Å². The Morgan fingerprint density at radius 1 is 1.29 bits per heavy atom. The van der Waals surface area contributed by atoms with Crippen molar-refractivity contribution in [3.63, 3.8) is 0 Å². The van der Waals surface area contributed by atoms with Crippen LogP contribution in [0.25, 0.3) is 0 Å². The third-order valence-electron chi connectivity index (χ3n) is 2.34. The summed E-state index contributed by atoms with van der Waals surface area (Å²) in [5, 5.41) is 18.1. The van der Waals surface area contributed by atoms with Gasteiger partial charge in [-0.1, -0.05) is 0 Å². The highest BCUT2D eigenvalue weighted by Gasteiger charge is 2.16. The summed E-state index contributed by atoms with van der Waals surface area (Å²) in [6.07, 6.45) is 2.55. The molecule has 84 valence electrons. The summed E-state index contributed by atoms with van der Waals surface area (Å²) in [6.45, 7) is 2.12. The zero-order valence-electron chi connectivity index (χ0n) is 8.52. The maximum atomic E-state index is 9.47. The average molecular weight is 204 g/mol. The summed E-state index contributed by atoms with van der Waals surface area (Å²) in [5.41, 5.74) is 0. The molecule has 14 heavy (non-hydrogen) atoms. The minimum absolute atomic E-state index is 0.0168. The van der Waals surface area contributed by atoms with Crippen LogP contribution >= 0.6 is 0 Å². The molecule has 4 heteroatoms. The summed E-state index contributed by atoms with van der Waals surface area (Å²) in [5.74, 6) is 0.